The highest BCUT2D eigenvalue weighted by atomic mass is 16.3. The van der Waals surface area contributed by atoms with Crippen molar-refractivity contribution in [3.05, 3.63) is 22.6 Å². The third-order valence-corrected chi connectivity index (χ3v) is 4.01. The van der Waals surface area contributed by atoms with Crippen molar-refractivity contribution in [2.75, 3.05) is 13.2 Å². The second-order valence-electron chi connectivity index (χ2n) is 5.37. The number of aryl methyl sites for hydroxylation is 2. The number of nitrogens with one attached hydrogen (secondary N) is 1. The number of carbonyl (C=O) groups excluding carboxylic acids is 1. The van der Waals surface area contributed by atoms with Gasteiger partial charge < -0.3 is 14.8 Å². The number of carbonyl (C=O) groups is 1. The first-order valence-corrected chi connectivity index (χ1v) is 6.45. The molecule has 4 nitrogen and oxygen atoms in total. The van der Waals surface area contributed by atoms with E-state index < -0.39 is 0 Å². The molecule has 1 saturated carbocycles. The molecule has 0 radical (unpaired) electrons. The van der Waals surface area contributed by atoms with E-state index in [0.717, 1.165) is 30.6 Å². The molecule has 1 aliphatic carbocycles. The van der Waals surface area contributed by atoms with E-state index in [1.54, 1.807) is 0 Å². The number of amides is 1. The van der Waals surface area contributed by atoms with E-state index >= 15 is 0 Å². The van der Waals surface area contributed by atoms with Gasteiger partial charge in [-0.05, 0) is 45.4 Å². The fourth-order valence-electron chi connectivity index (χ4n) is 2.41. The van der Waals surface area contributed by atoms with Crippen molar-refractivity contribution in [1.29, 1.82) is 0 Å². The molecule has 0 saturated heterocycles. The SMILES string of the molecule is Cc1oc(C)c(C(=O)NCC2(CCO)CC2)c1C. The molecule has 1 fully saturated rings. The topological polar surface area (TPSA) is 62.5 Å². The zero-order chi connectivity index (χ0) is 13.3. The molecule has 0 aromatic carbocycles. The monoisotopic (exact) mass is 251 g/mol. The predicted octanol–water partition coefficient (Wildman–Crippen LogP) is 2.10. The smallest absolute Gasteiger partial charge is 0.255 e. The highest BCUT2D eigenvalue weighted by Gasteiger charge is 2.42. The molecule has 0 bridgehead atoms. The van der Waals surface area contributed by atoms with Crippen molar-refractivity contribution in [2.45, 2.75) is 40.0 Å². The van der Waals surface area contributed by atoms with Crippen LogP contribution in [0.1, 0.15) is 46.7 Å². The highest BCUT2D eigenvalue weighted by molar-refractivity contribution is 5.96. The Morgan fingerprint density at radius 1 is 1.33 bits per heavy atom. The summed E-state index contributed by atoms with van der Waals surface area (Å²) in [6, 6.07) is 0. The Morgan fingerprint density at radius 3 is 2.44 bits per heavy atom. The van der Waals surface area contributed by atoms with Gasteiger partial charge in [0.05, 0.1) is 5.56 Å². The number of hydrogen-bond acceptors (Lipinski definition) is 3. The van der Waals surface area contributed by atoms with E-state index in [-0.39, 0.29) is 17.9 Å². The van der Waals surface area contributed by atoms with Crippen LogP contribution in [0.2, 0.25) is 0 Å². The van der Waals surface area contributed by atoms with Gasteiger partial charge in [-0.1, -0.05) is 0 Å². The lowest BCUT2D eigenvalue weighted by Crippen LogP contribution is -2.31. The zero-order valence-corrected chi connectivity index (χ0v) is 11.3. The van der Waals surface area contributed by atoms with Gasteiger partial charge in [-0.2, -0.15) is 0 Å². The first-order chi connectivity index (χ1) is 8.49. The first kappa shape index (κ1) is 13.1. The molecule has 1 amide bonds. The molecule has 1 aromatic rings. The average molecular weight is 251 g/mol. The Hall–Kier alpha value is -1.29. The third-order valence-electron chi connectivity index (χ3n) is 4.01. The minimum atomic E-state index is -0.0638. The zero-order valence-electron chi connectivity index (χ0n) is 11.3. The quantitative estimate of drug-likeness (QED) is 0.842. The molecule has 0 spiro atoms. The van der Waals surface area contributed by atoms with Crippen molar-refractivity contribution < 1.29 is 14.3 Å². The molecule has 1 aromatic heterocycles. The van der Waals surface area contributed by atoms with Crippen molar-refractivity contribution in [2.24, 2.45) is 5.41 Å². The molecule has 1 aliphatic rings. The van der Waals surface area contributed by atoms with Gasteiger partial charge in [-0.3, -0.25) is 4.79 Å². The Balaban J connectivity index is 2.00. The molecule has 2 rings (SSSR count). The first-order valence-electron chi connectivity index (χ1n) is 6.45. The van der Waals surface area contributed by atoms with E-state index in [1.807, 2.05) is 20.8 Å². The predicted molar refractivity (Wildman–Crippen MR) is 68.6 cm³/mol. The van der Waals surface area contributed by atoms with E-state index in [0.29, 0.717) is 17.9 Å². The fourth-order valence-corrected chi connectivity index (χ4v) is 2.41. The summed E-state index contributed by atoms with van der Waals surface area (Å²) in [5.74, 6) is 1.41. The maximum atomic E-state index is 12.1. The molecular formula is C14H21NO3. The Morgan fingerprint density at radius 2 is 2.00 bits per heavy atom. The molecule has 4 heteroatoms. The molecule has 100 valence electrons. The lowest BCUT2D eigenvalue weighted by Gasteiger charge is -2.14. The van der Waals surface area contributed by atoms with Crippen LogP contribution in [0.25, 0.3) is 0 Å². The van der Waals surface area contributed by atoms with E-state index in [9.17, 15) is 4.79 Å². The van der Waals surface area contributed by atoms with Gasteiger partial charge in [0.25, 0.3) is 5.91 Å². The minimum absolute atomic E-state index is 0.0638. The summed E-state index contributed by atoms with van der Waals surface area (Å²) >= 11 is 0. The van der Waals surface area contributed by atoms with Gasteiger partial charge in [0, 0.05) is 18.7 Å². The van der Waals surface area contributed by atoms with Crippen molar-refractivity contribution in [1.82, 2.24) is 5.32 Å². The lowest BCUT2D eigenvalue weighted by atomic mass is 10.0. The second kappa shape index (κ2) is 4.76. The standard InChI is InChI=1S/C14H21NO3/c1-9-10(2)18-11(3)12(9)13(17)15-8-14(4-5-14)6-7-16/h16H,4-8H2,1-3H3,(H,15,17). The normalized spacial score (nSPS) is 16.7. The van der Waals surface area contributed by atoms with Crippen LogP contribution in [0.4, 0.5) is 0 Å². The number of hydrogen-bond donors (Lipinski definition) is 2. The van der Waals surface area contributed by atoms with Crippen LogP contribution in [0, 0.1) is 26.2 Å². The molecule has 1 heterocycles. The third kappa shape index (κ3) is 2.43. The Kier molecular flexibility index (Phi) is 3.48. The summed E-state index contributed by atoms with van der Waals surface area (Å²) in [7, 11) is 0. The van der Waals surface area contributed by atoms with Crippen LogP contribution in [-0.2, 0) is 0 Å². The minimum Gasteiger partial charge on any atom is -0.466 e. The van der Waals surface area contributed by atoms with Crippen molar-refractivity contribution in [3.63, 3.8) is 0 Å². The van der Waals surface area contributed by atoms with Crippen LogP contribution < -0.4 is 5.32 Å². The van der Waals surface area contributed by atoms with E-state index in [4.69, 9.17) is 9.52 Å². The Labute approximate surface area is 107 Å². The van der Waals surface area contributed by atoms with Gasteiger partial charge in [-0.25, -0.2) is 0 Å². The van der Waals surface area contributed by atoms with Crippen LogP contribution in [0.3, 0.4) is 0 Å². The van der Waals surface area contributed by atoms with E-state index in [2.05, 4.69) is 5.32 Å². The molecular weight excluding hydrogens is 230 g/mol. The number of aliphatic hydroxyl groups excluding tert-OH is 1. The van der Waals surface area contributed by atoms with Crippen LogP contribution in [0.5, 0.6) is 0 Å². The summed E-state index contributed by atoms with van der Waals surface area (Å²) in [5.41, 5.74) is 1.72. The summed E-state index contributed by atoms with van der Waals surface area (Å²) in [6.07, 6.45) is 2.96. The number of furan rings is 1. The van der Waals surface area contributed by atoms with E-state index in [1.165, 1.54) is 0 Å². The maximum absolute atomic E-state index is 12.1. The average Bonchev–Trinajstić information content (AvgIpc) is 3.02. The molecule has 0 atom stereocenters. The van der Waals surface area contributed by atoms with Crippen LogP contribution in [0.15, 0.2) is 4.42 Å². The summed E-state index contributed by atoms with van der Waals surface area (Å²) < 4.78 is 5.46. The van der Waals surface area contributed by atoms with Gasteiger partial charge in [0.1, 0.15) is 11.5 Å². The molecule has 2 N–H and O–H groups in total. The molecule has 0 unspecified atom stereocenters. The summed E-state index contributed by atoms with van der Waals surface area (Å²) in [4.78, 5) is 12.1. The van der Waals surface area contributed by atoms with Gasteiger partial charge in [0.15, 0.2) is 0 Å². The van der Waals surface area contributed by atoms with Crippen LogP contribution in [-0.4, -0.2) is 24.2 Å². The lowest BCUT2D eigenvalue weighted by molar-refractivity contribution is 0.0939. The summed E-state index contributed by atoms with van der Waals surface area (Å²) in [5, 5.41) is 12.0. The highest BCUT2D eigenvalue weighted by Crippen LogP contribution is 2.47. The Bertz CT molecular complexity index is 458. The second-order valence-corrected chi connectivity index (χ2v) is 5.37. The fraction of sp³-hybridized carbons (Fsp3) is 0.643. The number of rotatable bonds is 5. The van der Waals surface area contributed by atoms with Crippen molar-refractivity contribution in [3.8, 4) is 0 Å². The van der Waals surface area contributed by atoms with Crippen LogP contribution >= 0.6 is 0 Å². The largest absolute Gasteiger partial charge is 0.466 e. The molecule has 18 heavy (non-hydrogen) atoms. The van der Waals surface area contributed by atoms with Gasteiger partial charge in [-0.15, -0.1) is 0 Å². The maximum Gasteiger partial charge on any atom is 0.255 e. The van der Waals surface area contributed by atoms with Crippen molar-refractivity contribution >= 4 is 5.91 Å². The number of aliphatic hydroxyl groups is 1. The summed E-state index contributed by atoms with van der Waals surface area (Å²) in [6.45, 7) is 6.43. The van der Waals surface area contributed by atoms with Gasteiger partial charge >= 0.3 is 0 Å². The molecule has 0 aliphatic heterocycles. The van der Waals surface area contributed by atoms with Gasteiger partial charge in [0.2, 0.25) is 0 Å².